The fourth-order valence-corrected chi connectivity index (χ4v) is 19.3. The lowest BCUT2D eigenvalue weighted by Crippen LogP contribution is -2.41. The van der Waals surface area contributed by atoms with Crippen molar-refractivity contribution in [3.63, 3.8) is 0 Å². The Hall–Kier alpha value is -15.1. The SMILES string of the molecule is CC1(C)c2ccccc2Oc2cc(-c3cccc4c3oc3cc(-c5nc(-c6ccccc6)nc(-c6ccccc6)n5)ccc34)ccc21.CC1(C)c2ccccc2Oc2cc(-c3cccc4c3oc3cc(B5OC(C)(C)C(C)(C)O5)ccc34)ccc21.CC1(C)c2ccccc2Oc2cc(-c3cccc4c3oc3cc(Cl)ccc34)ccc21.Clc1nc(-c2ccccc2)nc(-c2ccccc2)n1. The lowest BCUT2D eigenvalue weighted by molar-refractivity contribution is 0.00578. The van der Waals surface area contributed by atoms with Crippen molar-refractivity contribution in [2.45, 2.75) is 96.7 Å². The van der Waals surface area contributed by atoms with Crippen LogP contribution in [0, 0.1) is 0 Å². The minimum absolute atomic E-state index is 0.120. The van der Waals surface area contributed by atoms with E-state index >= 15 is 0 Å². The molecule has 0 atom stereocenters. The van der Waals surface area contributed by atoms with Crippen molar-refractivity contribution in [3.8, 4) is 125 Å². The molecule has 4 aliphatic heterocycles. The summed E-state index contributed by atoms with van der Waals surface area (Å²) in [5, 5.41) is 7.28. The maximum absolute atomic E-state index is 6.66. The molecular weight excluding hydrogens is 1700 g/mol. The minimum atomic E-state index is -0.430. The smallest absolute Gasteiger partial charge is 0.457 e. The molecule has 0 aliphatic carbocycles. The molecule has 0 radical (unpaired) electrons. The maximum atomic E-state index is 6.66. The van der Waals surface area contributed by atoms with Crippen LogP contribution in [0.25, 0.3) is 156 Å². The van der Waals surface area contributed by atoms with Crippen LogP contribution in [0.3, 0.4) is 0 Å². The second-order valence-electron chi connectivity index (χ2n) is 36.9. The summed E-state index contributed by atoms with van der Waals surface area (Å²) in [7, 11) is -0.430. The molecule has 21 aromatic rings. The molecule has 17 heteroatoms. The lowest BCUT2D eigenvalue weighted by atomic mass is 9.75. The average Bonchev–Trinajstić information content (AvgIpc) is 1.10. The highest BCUT2D eigenvalue weighted by molar-refractivity contribution is 6.62. The third-order valence-electron chi connectivity index (χ3n) is 26.9. The van der Waals surface area contributed by atoms with Crippen LogP contribution in [0.15, 0.2) is 371 Å². The van der Waals surface area contributed by atoms with Crippen molar-refractivity contribution >= 4 is 102 Å². The molecule has 0 spiro atoms. The van der Waals surface area contributed by atoms with Gasteiger partial charge in [-0.3, -0.25) is 0 Å². The van der Waals surface area contributed by atoms with Crippen LogP contribution in [-0.4, -0.2) is 48.2 Å². The van der Waals surface area contributed by atoms with E-state index in [4.69, 9.17) is 74.9 Å². The Balaban J connectivity index is 0.000000108. The summed E-state index contributed by atoms with van der Waals surface area (Å²) in [6.45, 7) is 21.8. The quantitative estimate of drug-likeness (QED) is 0.125. The molecule has 652 valence electrons. The Morgan fingerprint density at radius 3 is 0.903 bits per heavy atom. The van der Waals surface area contributed by atoms with Gasteiger partial charge in [0.15, 0.2) is 29.1 Å². The van der Waals surface area contributed by atoms with E-state index in [-0.39, 0.29) is 21.5 Å². The van der Waals surface area contributed by atoms with Crippen molar-refractivity contribution < 1.29 is 36.8 Å². The van der Waals surface area contributed by atoms with Crippen LogP contribution >= 0.6 is 23.2 Å². The van der Waals surface area contributed by atoms with E-state index in [0.717, 1.165) is 167 Å². The van der Waals surface area contributed by atoms with Gasteiger partial charge in [-0.2, -0.15) is 9.97 Å². The molecule has 0 N–H and O–H groups in total. The highest BCUT2D eigenvalue weighted by Gasteiger charge is 2.52. The highest BCUT2D eigenvalue weighted by atomic mass is 35.5. The zero-order chi connectivity index (χ0) is 91.5. The number of aromatic nitrogens is 6. The number of hydrogen-bond acceptors (Lipinski definition) is 14. The van der Waals surface area contributed by atoms with Gasteiger partial charge >= 0.3 is 7.12 Å². The first-order chi connectivity index (χ1) is 64.9. The van der Waals surface area contributed by atoms with Gasteiger partial charge in [-0.05, 0) is 128 Å². The number of hydrogen-bond donors (Lipinski definition) is 0. The second kappa shape index (κ2) is 33.3. The maximum Gasteiger partial charge on any atom is 0.494 e. The van der Waals surface area contributed by atoms with Gasteiger partial charge in [-0.15, -0.1) is 0 Å². The molecule has 9 heterocycles. The number of para-hydroxylation sites is 6. The van der Waals surface area contributed by atoms with Gasteiger partial charge in [0.25, 0.3) is 0 Å². The van der Waals surface area contributed by atoms with E-state index in [1.54, 1.807) is 0 Å². The molecule has 1 saturated heterocycles. The standard InChI is InChI=1S/C42H29N3O2.C33H31BO4.C27H19ClO2.C15H10ClN3/c1-42(2)33-18-9-10-19-35(33)46-37-24-28(21-23-34(37)42)30-16-11-17-32-31-22-20-29(25-36(31)47-38(30)32)41-44-39(26-12-5-3-6-13-26)43-40(45-41)27-14-7-4-8-15-27;1-31(2)25-12-7-8-13-27(25)35-29-18-20(14-17-26(29)31)22-10-9-11-24-23-16-15-21(19-28(23)36-30(22)24)34-37-32(3,4)33(5,6)38-34;1-27(2)21-8-3-4-9-23(21)29-25-14-16(10-13-22(25)27)18-6-5-7-20-19-12-11-17(28)15-24(19)30-26(18)20;16-15-18-13(11-7-3-1-4-8-11)17-14(19-15)12-9-5-2-6-10-12/h3-25H,1-2H3;7-19H,1-6H3;3-15H,1-2H3;1-10H. The Morgan fingerprint density at radius 2 is 0.530 bits per heavy atom. The number of furan rings is 3. The van der Waals surface area contributed by atoms with E-state index < -0.39 is 18.3 Å². The number of fused-ring (bicyclic) bond motifs is 15. The van der Waals surface area contributed by atoms with Gasteiger partial charge < -0.3 is 36.8 Å². The highest BCUT2D eigenvalue weighted by Crippen LogP contribution is 2.54. The predicted molar refractivity (Wildman–Crippen MR) is 540 cm³/mol. The summed E-state index contributed by atoms with van der Waals surface area (Å²) in [4.78, 5) is 27.5. The van der Waals surface area contributed by atoms with E-state index in [0.29, 0.717) is 34.1 Å². The number of ether oxygens (including phenoxy) is 3. The molecule has 0 unspecified atom stereocenters. The van der Waals surface area contributed by atoms with Crippen LogP contribution < -0.4 is 19.7 Å². The van der Waals surface area contributed by atoms with Crippen LogP contribution in [-0.2, 0) is 25.6 Å². The summed E-state index contributed by atoms with van der Waals surface area (Å²) in [5.74, 6) is 8.41. The number of halogens is 2. The van der Waals surface area contributed by atoms with Gasteiger partial charge in [0.05, 0.1) is 11.2 Å². The summed E-state index contributed by atoms with van der Waals surface area (Å²) >= 11 is 12.2. The summed E-state index contributed by atoms with van der Waals surface area (Å²) in [6, 6.07) is 121. The minimum Gasteiger partial charge on any atom is -0.457 e. The zero-order valence-corrected chi connectivity index (χ0v) is 76.9. The first-order valence-corrected chi connectivity index (χ1v) is 45.7. The Bertz CT molecular complexity index is 8070. The Kier molecular flexibility index (Phi) is 21.0. The van der Waals surface area contributed by atoms with E-state index in [2.05, 4.69) is 260 Å². The van der Waals surface area contributed by atoms with Crippen molar-refractivity contribution in [3.05, 3.63) is 402 Å². The van der Waals surface area contributed by atoms with E-state index in [1.165, 1.54) is 33.4 Å². The van der Waals surface area contributed by atoms with Crippen molar-refractivity contribution in [1.82, 2.24) is 29.9 Å². The van der Waals surface area contributed by atoms with E-state index in [1.807, 2.05) is 182 Å². The zero-order valence-electron chi connectivity index (χ0n) is 75.3. The third-order valence-corrected chi connectivity index (χ3v) is 27.3. The van der Waals surface area contributed by atoms with Gasteiger partial charge in [-0.25, -0.2) is 19.9 Å². The third kappa shape index (κ3) is 15.3. The van der Waals surface area contributed by atoms with Crippen LogP contribution in [0.2, 0.25) is 10.3 Å². The normalized spacial score (nSPS) is 14.7. The number of rotatable bonds is 9. The second-order valence-corrected chi connectivity index (χ2v) is 37.6. The van der Waals surface area contributed by atoms with Crippen molar-refractivity contribution in [2.75, 3.05) is 0 Å². The van der Waals surface area contributed by atoms with Crippen LogP contribution in [0.5, 0.6) is 34.5 Å². The summed E-state index contributed by atoms with van der Waals surface area (Å²) in [5.41, 5.74) is 22.7. The molecule has 25 rings (SSSR count). The van der Waals surface area contributed by atoms with Crippen LogP contribution in [0.4, 0.5) is 0 Å². The molecule has 0 amide bonds. The Morgan fingerprint density at radius 1 is 0.231 bits per heavy atom. The average molecular weight is 1790 g/mol. The first kappa shape index (κ1) is 84.4. The monoisotopic (exact) mass is 1790 g/mol. The molecule has 4 aliphatic rings. The van der Waals surface area contributed by atoms with Gasteiger partial charge in [0, 0.05) is 138 Å². The van der Waals surface area contributed by atoms with Crippen LogP contribution in [0.1, 0.15) is 103 Å². The number of nitrogens with zero attached hydrogens (tertiary/aromatic N) is 6. The number of benzene rings is 16. The molecular formula is C117H89BCl2N6O8. The predicted octanol–water partition coefficient (Wildman–Crippen LogP) is 31.1. The molecule has 134 heavy (non-hydrogen) atoms. The summed E-state index contributed by atoms with van der Waals surface area (Å²) < 4.78 is 51.1. The molecule has 16 aromatic carbocycles. The van der Waals surface area contributed by atoms with E-state index in [9.17, 15) is 0 Å². The lowest BCUT2D eigenvalue weighted by Gasteiger charge is -2.34. The fraction of sp³-hybridized carbons (Fsp3) is 0.128. The molecule has 0 saturated carbocycles. The van der Waals surface area contributed by atoms with Gasteiger partial charge in [-0.1, -0.05) is 338 Å². The molecule has 1 fully saturated rings. The molecule has 5 aromatic heterocycles. The van der Waals surface area contributed by atoms with Crippen molar-refractivity contribution in [1.29, 1.82) is 0 Å². The Labute approximate surface area is 786 Å². The summed E-state index contributed by atoms with van der Waals surface area (Å²) in [6.07, 6.45) is 0. The fourth-order valence-electron chi connectivity index (χ4n) is 18.9. The molecule has 14 nitrogen and oxygen atoms in total. The van der Waals surface area contributed by atoms with Gasteiger partial charge in [0.2, 0.25) is 5.28 Å². The topological polar surface area (TPSA) is 163 Å². The molecule has 0 bridgehead atoms. The largest absolute Gasteiger partial charge is 0.494 e. The van der Waals surface area contributed by atoms with Crippen molar-refractivity contribution in [2.24, 2.45) is 0 Å². The first-order valence-electron chi connectivity index (χ1n) is 45.0. The van der Waals surface area contributed by atoms with Gasteiger partial charge in [0.1, 0.15) is 68.0 Å².